The van der Waals surface area contributed by atoms with E-state index in [0.29, 0.717) is 5.75 Å². The maximum absolute atomic E-state index is 13.6. The Balaban J connectivity index is 2.45. The number of rotatable bonds is 12. The Morgan fingerprint density at radius 2 is 1.67 bits per heavy atom. The molecule has 2 aromatic rings. The lowest BCUT2D eigenvalue weighted by Crippen LogP contribution is -2.52. The SMILES string of the molecule is CC[C@H](C)NC(=O)[C@@H](C)N(Cc1ccc(C)cc1)C(=O)CN(c1ccc(OC)cc1OC)S(C)(=O)=O. The summed E-state index contributed by atoms with van der Waals surface area (Å²) in [4.78, 5) is 28.0. The molecule has 0 unspecified atom stereocenters. The normalized spacial score (nSPS) is 12.9. The van der Waals surface area contributed by atoms with Gasteiger partial charge in [0.25, 0.3) is 0 Å². The van der Waals surface area contributed by atoms with Crippen LogP contribution in [0.1, 0.15) is 38.3 Å². The Kier molecular flexibility index (Phi) is 10.2. The molecular formula is C26H37N3O6S. The van der Waals surface area contributed by atoms with Crippen LogP contribution in [0.5, 0.6) is 11.5 Å². The molecule has 36 heavy (non-hydrogen) atoms. The molecule has 0 fully saturated rings. The summed E-state index contributed by atoms with van der Waals surface area (Å²) >= 11 is 0. The van der Waals surface area contributed by atoms with Crippen molar-refractivity contribution < 1.29 is 27.5 Å². The van der Waals surface area contributed by atoms with E-state index >= 15 is 0 Å². The average molecular weight is 520 g/mol. The average Bonchev–Trinajstić information content (AvgIpc) is 2.85. The summed E-state index contributed by atoms with van der Waals surface area (Å²) in [6.07, 6.45) is 1.76. The smallest absolute Gasteiger partial charge is 0.244 e. The van der Waals surface area contributed by atoms with E-state index in [1.54, 1.807) is 19.1 Å². The first-order valence-electron chi connectivity index (χ1n) is 11.8. The summed E-state index contributed by atoms with van der Waals surface area (Å²) in [5.74, 6) is -0.115. The fraction of sp³-hybridized carbons (Fsp3) is 0.462. The molecule has 1 N–H and O–H groups in total. The van der Waals surface area contributed by atoms with Gasteiger partial charge in [-0.3, -0.25) is 13.9 Å². The van der Waals surface area contributed by atoms with Crippen LogP contribution in [0.2, 0.25) is 0 Å². The van der Waals surface area contributed by atoms with Gasteiger partial charge in [-0.05, 0) is 44.9 Å². The third kappa shape index (κ3) is 7.61. The van der Waals surface area contributed by atoms with Gasteiger partial charge >= 0.3 is 0 Å². The third-order valence-corrected chi connectivity index (χ3v) is 7.10. The number of benzene rings is 2. The molecule has 0 heterocycles. The van der Waals surface area contributed by atoms with Crippen LogP contribution < -0.4 is 19.1 Å². The molecule has 0 aromatic heterocycles. The lowest BCUT2D eigenvalue weighted by Gasteiger charge is -2.32. The molecule has 10 heteroatoms. The van der Waals surface area contributed by atoms with Gasteiger partial charge in [-0.25, -0.2) is 8.42 Å². The number of carbonyl (C=O) groups excluding carboxylic acids is 2. The number of hydrogen-bond acceptors (Lipinski definition) is 6. The van der Waals surface area contributed by atoms with E-state index in [-0.39, 0.29) is 29.9 Å². The number of amides is 2. The molecule has 2 atom stereocenters. The van der Waals surface area contributed by atoms with Crippen LogP contribution in [0.4, 0.5) is 5.69 Å². The van der Waals surface area contributed by atoms with Crippen molar-refractivity contribution in [1.29, 1.82) is 0 Å². The van der Waals surface area contributed by atoms with Gasteiger partial charge in [-0.15, -0.1) is 0 Å². The van der Waals surface area contributed by atoms with E-state index < -0.39 is 28.5 Å². The van der Waals surface area contributed by atoms with Crippen molar-refractivity contribution in [2.24, 2.45) is 0 Å². The maximum Gasteiger partial charge on any atom is 0.244 e. The summed E-state index contributed by atoms with van der Waals surface area (Å²) in [7, 11) is -0.986. The summed E-state index contributed by atoms with van der Waals surface area (Å²) in [5.41, 5.74) is 2.08. The summed E-state index contributed by atoms with van der Waals surface area (Å²) < 4.78 is 37.1. The summed E-state index contributed by atoms with van der Waals surface area (Å²) in [5, 5.41) is 2.91. The molecular weight excluding hydrogens is 482 g/mol. The lowest BCUT2D eigenvalue weighted by molar-refractivity contribution is -0.139. The Morgan fingerprint density at radius 1 is 1.03 bits per heavy atom. The highest BCUT2D eigenvalue weighted by Gasteiger charge is 2.31. The quantitative estimate of drug-likeness (QED) is 0.462. The van der Waals surface area contributed by atoms with E-state index in [2.05, 4.69) is 5.32 Å². The number of aryl methyl sites for hydroxylation is 1. The van der Waals surface area contributed by atoms with Gasteiger partial charge in [0.1, 0.15) is 24.1 Å². The highest BCUT2D eigenvalue weighted by molar-refractivity contribution is 7.92. The maximum atomic E-state index is 13.6. The number of anilines is 1. The van der Waals surface area contributed by atoms with Gasteiger partial charge in [0.05, 0.1) is 26.2 Å². The molecule has 0 aliphatic carbocycles. The summed E-state index contributed by atoms with van der Waals surface area (Å²) in [6.45, 7) is 7.08. The van der Waals surface area contributed by atoms with Crippen molar-refractivity contribution in [2.45, 2.75) is 52.7 Å². The predicted molar refractivity (Wildman–Crippen MR) is 141 cm³/mol. The van der Waals surface area contributed by atoms with Crippen molar-refractivity contribution in [1.82, 2.24) is 10.2 Å². The van der Waals surface area contributed by atoms with Gasteiger partial charge in [0.15, 0.2) is 0 Å². The van der Waals surface area contributed by atoms with Crippen LogP contribution in [0.25, 0.3) is 0 Å². The van der Waals surface area contributed by atoms with E-state index in [4.69, 9.17) is 9.47 Å². The summed E-state index contributed by atoms with van der Waals surface area (Å²) in [6, 6.07) is 11.4. The topological polar surface area (TPSA) is 105 Å². The number of carbonyl (C=O) groups is 2. The van der Waals surface area contributed by atoms with Gasteiger partial charge in [0, 0.05) is 18.7 Å². The fourth-order valence-corrected chi connectivity index (χ4v) is 4.38. The van der Waals surface area contributed by atoms with Crippen LogP contribution in [0.3, 0.4) is 0 Å². The number of nitrogens with zero attached hydrogens (tertiary/aromatic N) is 2. The van der Waals surface area contributed by atoms with Gasteiger partial charge < -0.3 is 19.7 Å². The number of hydrogen-bond donors (Lipinski definition) is 1. The Labute approximate surface area is 214 Å². The Bertz CT molecular complexity index is 1150. The van der Waals surface area contributed by atoms with Crippen LogP contribution in [-0.4, -0.2) is 64.2 Å². The Hall–Kier alpha value is -3.27. The van der Waals surface area contributed by atoms with Crippen molar-refractivity contribution in [3.63, 3.8) is 0 Å². The van der Waals surface area contributed by atoms with Crippen LogP contribution in [-0.2, 0) is 26.2 Å². The van der Waals surface area contributed by atoms with Crippen LogP contribution in [0.15, 0.2) is 42.5 Å². The molecule has 2 rings (SSSR count). The zero-order valence-electron chi connectivity index (χ0n) is 22.1. The highest BCUT2D eigenvalue weighted by Crippen LogP contribution is 2.33. The van der Waals surface area contributed by atoms with E-state index in [0.717, 1.165) is 28.1 Å². The lowest BCUT2D eigenvalue weighted by atomic mass is 10.1. The molecule has 0 aliphatic heterocycles. The first-order chi connectivity index (χ1) is 16.9. The van der Waals surface area contributed by atoms with E-state index in [1.165, 1.54) is 25.2 Å². The first kappa shape index (κ1) is 29.0. The minimum absolute atomic E-state index is 0.0626. The monoisotopic (exact) mass is 519 g/mol. The molecule has 0 saturated heterocycles. The second kappa shape index (κ2) is 12.6. The fourth-order valence-electron chi connectivity index (χ4n) is 3.52. The second-order valence-electron chi connectivity index (χ2n) is 8.81. The van der Waals surface area contributed by atoms with Crippen LogP contribution >= 0.6 is 0 Å². The van der Waals surface area contributed by atoms with Crippen LogP contribution in [0, 0.1) is 6.92 Å². The van der Waals surface area contributed by atoms with Crippen molar-refractivity contribution in [3.05, 3.63) is 53.6 Å². The minimum Gasteiger partial charge on any atom is -0.497 e. The number of methoxy groups -OCH3 is 2. The van der Waals surface area contributed by atoms with E-state index in [9.17, 15) is 18.0 Å². The molecule has 0 saturated carbocycles. The molecule has 0 bridgehead atoms. The number of ether oxygens (including phenoxy) is 2. The largest absolute Gasteiger partial charge is 0.497 e. The predicted octanol–water partition coefficient (Wildman–Crippen LogP) is 3.11. The van der Waals surface area contributed by atoms with Crippen molar-refractivity contribution in [2.75, 3.05) is 31.3 Å². The highest BCUT2D eigenvalue weighted by atomic mass is 32.2. The number of nitrogens with one attached hydrogen (secondary N) is 1. The molecule has 0 spiro atoms. The van der Waals surface area contributed by atoms with Crippen molar-refractivity contribution in [3.8, 4) is 11.5 Å². The molecule has 0 radical (unpaired) electrons. The third-order valence-electron chi connectivity index (χ3n) is 5.98. The zero-order valence-corrected chi connectivity index (χ0v) is 22.9. The molecule has 0 aliphatic rings. The standard InChI is InChI=1S/C26H37N3O6S/c1-8-19(3)27-26(31)20(4)28(16-21-11-9-18(2)10-12-21)25(30)17-29(36(7,32)33)23-14-13-22(34-5)15-24(23)35-6/h9-15,19-20H,8,16-17H2,1-7H3,(H,27,31)/t19-,20+/m0/s1. The molecule has 198 valence electrons. The minimum atomic E-state index is -3.88. The molecule has 2 aromatic carbocycles. The van der Waals surface area contributed by atoms with Gasteiger partial charge in [-0.1, -0.05) is 36.8 Å². The second-order valence-corrected chi connectivity index (χ2v) is 10.7. The molecule has 2 amide bonds. The zero-order chi connectivity index (χ0) is 27.0. The number of sulfonamides is 1. The van der Waals surface area contributed by atoms with Gasteiger partial charge in [-0.2, -0.15) is 0 Å². The van der Waals surface area contributed by atoms with E-state index in [1.807, 2.05) is 45.0 Å². The molecule has 9 nitrogen and oxygen atoms in total. The van der Waals surface area contributed by atoms with Gasteiger partial charge in [0.2, 0.25) is 21.8 Å². The van der Waals surface area contributed by atoms with Crippen molar-refractivity contribution >= 4 is 27.5 Å². The Morgan fingerprint density at radius 3 is 2.19 bits per heavy atom. The first-order valence-corrected chi connectivity index (χ1v) is 13.6.